The number of nitrogens with one attached hydrogen (secondary N) is 1. The monoisotopic (exact) mass is 290 g/mol. The number of hydrogen-bond donors (Lipinski definition) is 1. The predicted octanol–water partition coefficient (Wildman–Crippen LogP) is 0.984. The van der Waals surface area contributed by atoms with Crippen LogP contribution in [0.4, 0.5) is 0 Å². The van der Waals surface area contributed by atoms with E-state index in [9.17, 15) is 9.90 Å². The molecule has 0 heterocycles. The standard InChI is InChI=1S/C15H19N3O3/c1-15(2,3)21-14(20)18-12(13(19)10-17-16)9-11-7-5-4-6-8-11/h4-8,10,12,16H,9H2,1-3H3/p+1/t12-/m1/s1. The van der Waals surface area contributed by atoms with Crippen molar-refractivity contribution in [2.75, 3.05) is 0 Å². The van der Waals surface area contributed by atoms with E-state index in [1.165, 1.54) is 0 Å². The quantitative estimate of drug-likeness (QED) is 0.287. The first kappa shape index (κ1) is 16.6. The van der Waals surface area contributed by atoms with E-state index in [4.69, 9.17) is 10.3 Å². The van der Waals surface area contributed by atoms with Crippen LogP contribution in [-0.2, 0) is 11.2 Å². The lowest BCUT2D eigenvalue weighted by atomic mass is 10.0. The maximum absolute atomic E-state index is 11.8. The average molecular weight is 290 g/mol. The molecule has 0 unspecified atom stereocenters. The molecule has 112 valence electrons. The average Bonchev–Trinajstić information content (AvgIpc) is 2.37. The van der Waals surface area contributed by atoms with E-state index in [2.05, 4.69) is 9.78 Å². The second-order valence-corrected chi connectivity index (χ2v) is 5.50. The van der Waals surface area contributed by atoms with Gasteiger partial charge in [0.1, 0.15) is 6.08 Å². The van der Waals surface area contributed by atoms with E-state index in [0.29, 0.717) is 6.42 Å². The Bertz CT molecular complexity index is 555. The summed E-state index contributed by atoms with van der Waals surface area (Å²) in [5.74, 6) is -0.250. The van der Waals surface area contributed by atoms with Crippen molar-refractivity contribution in [3.05, 3.63) is 35.9 Å². The Morgan fingerprint density at radius 2 is 2.05 bits per heavy atom. The normalized spacial score (nSPS) is 13.2. The summed E-state index contributed by atoms with van der Waals surface area (Å²) in [5.41, 5.74) is 7.01. The van der Waals surface area contributed by atoms with Crippen LogP contribution in [0.2, 0.25) is 0 Å². The highest BCUT2D eigenvalue weighted by atomic mass is 16.6. The first-order valence-corrected chi connectivity index (χ1v) is 6.55. The molecule has 0 bridgehead atoms. The second-order valence-electron chi connectivity index (χ2n) is 5.50. The minimum absolute atomic E-state index is 0.250. The molecule has 0 aliphatic carbocycles. The number of rotatable bonds is 5. The molecule has 1 atom stereocenters. The highest BCUT2D eigenvalue weighted by Crippen LogP contribution is 2.09. The van der Waals surface area contributed by atoms with Gasteiger partial charge in [0.15, 0.2) is 6.04 Å². The van der Waals surface area contributed by atoms with Crippen LogP contribution in [0.5, 0.6) is 0 Å². The van der Waals surface area contributed by atoms with Gasteiger partial charge in [-0.25, -0.2) is 0 Å². The molecule has 1 aromatic rings. The molecule has 0 radical (unpaired) electrons. The zero-order valence-corrected chi connectivity index (χ0v) is 12.4. The number of carbonyl (C=O) groups excluding carboxylic acids is 1. The third-order valence-electron chi connectivity index (χ3n) is 2.46. The summed E-state index contributed by atoms with van der Waals surface area (Å²) in [5, 5.41) is 11.8. The molecule has 21 heavy (non-hydrogen) atoms. The topological polar surface area (TPSA) is 104 Å². The number of nitrogens with zero attached hydrogens (tertiary/aromatic N) is 2. The summed E-state index contributed by atoms with van der Waals surface area (Å²) in [7, 11) is 0. The van der Waals surface area contributed by atoms with Crippen LogP contribution in [0.1, 0.15) is 26.3 Å². The van der Waals surface area contributed by atoms with Gasteiger partial charge < -0.3 is 9.84 Å². The number of ketones is 1. The third-order valence-corrected chi connectivity index (χ3v) is 2.46. The summed E-state index contributed by atoms with van der Waals surface area (Å²) >= 11 is 0. The Labute approximate surface area is 123 Å². The number of hydrogen-bond acceptors (Lipinski definition) is 4. The van der Waals surface area contributed by atoms with Crippen LogP contribution in [0.15, 0.2) is 35.3 Å². The zero-order chi connectivity index (χ0) is 15.9. The van der Waals surface area contributed by atoms with Crippen molar-refractivity contribution in [3.63, 3.8) is 0 Å². The molecule has 6 nitrogen and oxygen atoms in total. The maximum Gasteiger partial charge on any atom is 0.429 e. The fraction of sp³-hybridized carbons (Fsp3) is 0.400. The fourth-order valence-corrected chi connectivity index (χ4v) is 1.62. The molecule has 0 aliphatic heterocycles. The van der Waals surface area contributed by atoms with Gasteiger partial charge in [0.05, 0.1) is 10.3 Å². The summed E-state index contributed by atoms with van der Waals surface area (Å²) in [6.07, 6.45) is 0.521. The van der Waals surface area contributed by atoms with Crippen molar-refractivity contribution in [1.29, 1.82) is 5.53 Å². The SMILES string of the molecule is CC(C)(C)OC([O-])=N[C@H](Cc1ccccc1)C(=[OH+])C=[N+]=N. The minimum Gasteiger partial charge on any atom is -0.595 e. The van der Waals surface area contributed by atoms with Gasteiger partial charge in [-0.3, -0.25) is 9.79 Å². The first-order valence-electron chi connectivity index (χ1n) is 6.55. The Morgan fingerprint density at radius 1 is 1.43 bits per heavy atom. The minimum atomic E-state index is -0.823. The van der Waals surface area contributed by atoms with Crippen molar-refractivity contribution in [1.82, 2.24) is 0 Å². The Kier molecular flexibility index (Phi) is 5.81. The first-order chi connectivity index (χ1) is 9.81. The van der Waals surface area contributed by atoms with E-state index >= 15 is 0 Å². The smallest absolute Gasteiger partial charge is 0.429 e. The van der Waals surface area contributed by atoms with Gasteiger partial charge >= 0.3 is 12.0 Å². The van der Waals surface area contributed by atoms with E-state index < -0.39 is 17.7 Å². The van der Waals surface area contributed by atoms with Crippen LogP contribution >= 0.6 is 0 Å². The molecule has 1 rings (SSSR count). The molecule has 0 saturated heterocycles. The van der Waals surface area contributed by atoms with Crippen LogP contribution < -0.4 is 5.11 Å². The maximum atomic E-state index is 11.8. The van der Waals surface area contributed by atoms with Gasteiger partial charge in [0.25, 0.3) is 0 Å². The lowest BCUT2D eigenvalue weighted by Crippen LogP contribution is -2.35. The summed E-state index contributed by atoms with van der Waals surface area (Å²) in [4.78, 5) is 16.7. The van der Waals surface area contributed by atoms with Crippen molar-refractivity contribution in [3.8, 4) is 0 Å². The van der Waals surface area contributed by atoms with E-state index in [1.54, 1.807) is 20.8 Å². The molecule has 1 aromatic carbocycles. The fourth-order valence-electron chi connectivity index (χ4n) is 1.62. The summed E-state index contributed by atoms with van der Waals surface area (Å²) < 4.78 is 5.11. The van der Waals surface area contributed by atoms with Gasteiger partial charge in [-0.1, -0.05) is 51.1 Å². The largest absolute Gasteiger partial charge is 0.595 e. The van der Waals surface area contributed by atoms with Gasteiger partial charge in [0, 0.05) is 12.0 Å². The van der Waals surface area contributed by atoms with Crippen molar-refractivity contribution in [2.24, 2.45) is 4.99 Å². The lowest BCUT2D eigenvalue weighted by Gasteiger charge is -2.29. The van der Waals surface area contributed by atoms with E-state index in [1.807, 2.05) is 30.3 Å². The molecule has 0 spiro atoms. The van der Waals surface area contributed by atoms with E-state index in [-0.39, 0.29) is 5.78 Å². The van der Waals surface area contributed by atoms with E-state index in [0.717, 1.165) is 11.8 Å². The molecule has 6 heteroatoms. The van der Waals surface area contributed by atoms with Gasteiger partial charge in [-0.05, 0) is 5.56 Å². The molecular weight excluding hydrogens is 270 g/mol. The van der Waals surface area contributed by atoms with Crippen molar-refractivity contribution in [2.45, 2.75) is 38.8 Å². The Morgan fingerprint density at radius 3 is 2.57 bits per heavy atom. The molecule has 2 N–H and O–H groups in total. The van der Waals surface area contributed by atoms with Crippen molar-refractivity contribution < 1.29 is 19.4 Å². The van der Waals surface area contributed by atoms with Gasteiger partial charge in [-0.2, -0.15) is 0 Å². The molecule has 0 saturated carbocycles. The van der Waals surface area contributed by atoms with Crippen LogP contribution in [0, 0.1) is 5.53 Å². The zero-order valence-electron chi connectivity index (χ0n) is 12.4. The number of aliphatic imine (C=N–C) groups is 1. The highest BCUT2D eigenvalue weighted by Gasteiger charge is 2.27. The molecular formula is C15H20N3O3+. The molecule has 0 aromatic heterocycles. The Hall–Kier alpha value is -2.46. The molecule has 0 fully saturated rings. The van der Waals surface area contributed by atoms with Crippen LogP contribution in [-0.4, -0.2) is 39.3 Å². The number of benzene rings is 1. The molecule has 0 amide bonds. The third kappa shape index (κ3) is 6.49. The number of ether oxygens (including phenoxy) is 1. The second kappa shape index (κ2) is 7.36. The Balaban J connectivity index is 2.95. The van der Waals surface area contributed by atoms with Gasteiger partial charge in [0.2, 0.25) is 0 Å². The van der Waals surface area contributed by atoms with Crippen molar-refractivity contribution >= 4 is 18.1 Å². The summed E-state index contributed by atoms with van der Waals surface area (Å²) in [6, 6.07) is 8.49. The lowest BCUT2D eigenvalue weighted by molar-refractivity contribution is -0.260. The molecule has 0 aliphatic rings. The summed E-state index contributed by atoms with van der Waals surface area (Å²) in [6.45, 7) is 5.21. The van der Waals surface area contributed by atoms with Gasteiger partial charge in [-0.15, -0.1) is 0 Å². The predicted molar refractivity (Wildman–Crippen MR) is 78.2 cm³/mol. The van der Waals surface area contributed by atoms with Crippen LogP contribution in [0.3, 0.4) is 0 Å². The van der Waals surface area contributed by atoms with Crippen LogP contribution in [0.25, 0.3) is 0 Å². The highest BCUT2D eigenvalue weighted by molar-refractivity contribution is 6.28.